The minimum Gasteiger partial charge on any atom is -0.444 e. The third-order valence-electron chi connectivity index (χ3n) is 4.73. The zero-order valence-electron chi connectivity index (χ0n) is 21.7. The van der Waals surface area contributed by atoms with Crippen molar-refractivity contribution in [3.63, 3.8) is 0 Å². The van der Waals surface area contributed by atoms with E-state index in [4.69, 9.17) is 4.74 Å². The molecule has 0 fully saturated rings. The number of benzene rings is 1. The van der Waals surface area contributed by atoms with Gasteiger partial charge in [-0.3, -0.25) is 9.59 Å². The van der Waals surface area contributed by atoms with Gasteiger partial charge in [0.2, 0.25) is 11.8 Å². The number of nitrogens with one attached hydrogen (secondary N) is 2. The lowest BCUT2D eigenvalue weighted by molar-refractivity contribution is -0.144. The molecule has 33 heavy (non-hydrogen) atoms. The molecule has 0 bridgehead atoms. The zero-order valence-corrected chi connectivity index (χ0v) is 22.6. The van der Waals surface area contributed by atoms with Crippen molar-refractivity contribution >= 4 is 30.5 Å². The van der Waals surface area contributed by atoms with E-state index in [0.717, 1.165) is 16.7 Å². The fourth-order valence-corrected chi connectivity index (χ4v) is 3.73. The van der Waals surface area contributed by atoms with Crippen molar-refractivity contribution in [2.45, 2.75) is 98.5 Å². The lowest BCUT2D eigenvalue weighted by atomic mass is 9.94. The maximum absolute atomic E-state index is 13.7. The van der Waals surface area contributed by atoms with Gasteiger partial charge >= 0.3 is 6.09 Å². The number of carbonyl (C=O) groups is 3. The summed E-state index contributed by atoms with van der Waals surface area (Å²) in [6.45, 7) is 18.5. The molecule has 2 unspecified atom stereocenters. The molecule has 2 atom stereocenters. The van der Waals surface area contributed by atoms with Crippen molar-refractivity contribution < 1.29 is 19.1 Å². The van der Waals surface area contributed by atoms with Crippen LogP contribution in [0.4, 0.5) is 4.79 Å². The van der Waals surface area contributed by atoms with Crippen molar-refractivity contribution in [1.82, 2.24) is 15.5 Å². The molecule has 0 aliphatic carbocycles. The van der Waals surface area contributed by atoms with E-state index < -0.39 is 35.2 Å². The predicted molar refractivity (Wildman–Crippen MR) is 136 cm³/mol. The van der Waals surface area contributed by atoms with Crippen LogP contribution < -0.4 is 10.6 Å². The Kier molecular flexibility index (Phi) is 9.84. The topological polar surface area (TPSA) is 87.7 Å². The van der Waals surface area contributed by atoms with Gasteiger partial charge in [-0.1, -0.05) is 23.8 Å². The third-order valence-corrected chi connectivity index (χ3v) is 5.09. The Bertz CT molecular complexity index is 856. The van der Waals surface area contributed by atoms with Crippen LogP contribution in [0.15, 0.2) is 18.2 Å². The van der Waals surface area contributed by atoms with Crippen LogP contribution >= 0.6 is 12.6 Å². The number of thiol groups is 1. The number of alkyl carbamates (subject to hydrolysis) is 1. The first-order chi connectivity index (χ1) is 15.0. The predicted octanol–water partition coefficient (Wildman–Crippen LogP) is 4.32. The minimum atomic E-state index is -0.957. The van der Waals surface area contributed by atoms with Gasteiger partial charge in [0.05, 0.1) is 0 Å². The first-order valence-corrected chi connectivity index (χ1v) is 11.9. The second-order valence-corrected chi connectivity index (χ2v) is 11.1. The van der Waals surface area contributed by atoms with E-state index in [0.29, 0.717) is 0 Å². The molecule has 1 rings (SSSR count). The van der Waals surface area contributed by atoms with Crippen LogP contribution in [-0.2, 0) is 14.3 Å². The van der Waals surface area contributed by atoms with E-state index >= 15 is 0 Å². The Morgan fingerprint density at radius 2 is 1.64 bits per heavy atom. The number of hydrogen-bond donors (Lipinski definition) is 3. The number of amides is 3. The molecular formula is C25H41N3O4S. The maximum atomic E-state index is 13.7. The lowest BCUT2D eigenvalue weighted by Gasteiger charge is -2.38. The fourth-order valence-electron chi connectivity index (χ4n) is 3.48. The Morgan fingerprint density at radius 1 is 1.06 bits per heavy atom. The molecule has 0 heterocycles. The molecule has 1 aromatic carbocycles. The molecule has 1 aromatic rings. The van der Waals surface area contributed by atoms with Crippen molar-refractivity contribution in [1.29, 1.82) is 0 Å². The highest BCUT2D eigenvalue weighted by Gasteiger charge is 2.38. The smallest absolute Gasteiger partial charge is 0.408 e. The van der Waals surface area contributed by atoms with Gasteiger partial charge in [0, 0.05) is 17.3 Å². The SMILES string of the molecule is Cc1ccc(C(C(=O)NC(C)(C)C)N(C(=O)C(CS)NC(=O)OC(C)(C)C)C(C)C)c(C)c1. The van der Waals surface area contributed by atoms with Crippen LogP contribution in [-0.4, -0.2) is 51.8 Å². The molecule has 0 saturated carbocycles. The second kappa shape index (κ2) is 11.3. The van der Waals surface area contributed by atoms with Gasteiger partial charge in [-0.15, -0.1) is 0 Å². The van der Waals surface area contributed by atoms with Crippen molar-refractivity contribution in [2.75, 3.05) is 5.75 Å². The van der Waals surface area contributed by atoms with Gasteiger partial charge in [0.25, 0.3) is 0 Å². The van der Waals surface area contributed by atoms with E-state index in [1.807, 2.05) is 66.7 Å². The minimum absolute atomic E-state index is 0.0573. The number of hydrogen-bond acceptors (Lipinski definition) is 5. The Labute approximate surface area is 204 Å². The number of ether oxygens (including phenoxy) is 1. The van der Waals surface area contributed by atoms with Gasteiger partial charge in [-0.25, -0.2) is 4.79 Å². The molecule has 0 radical (unpaired) electrons. The van der Waals surface area contributed by atoms with Gasteiger partial charge in [-0.2, -0.15) is 12.6 Å². The lowest BCUT2D eigenvalue weighted by Crippen LogP contribution is -2.57. The molecule has 0 aliphatic heterocycles. The van der Waals surface area contributed by atoms with Crippen LogP contribution in [0.2, 0.25) is 0 Å². The van der Waals surface area contributed by atoms with Crippen LogP contribution in [0.5, 0.6) is 0 Å². The van der Waals surface area contributed by atoms with Gasteiger partial charge in [-0.05, 0) is 80.4 Å². The number of rotatable bonds is 7. The van der Waals surface area contributed by atoms with Gasteiger partial charge in [0.15, 0.2) is 0 Å². The van der Waals surface area contributed by atoms with Crippen molar-refractivity contribution in [3.05, 3.63) is 34.9 Å². The summed E-state index contributed by atoms with van der Waals surface area (Å²) in [6.07, 6.45) is -0.708. The molecule has 7 nitrogen and oxygen atoms in total. The van der Waals surface area contributed by atoms with Crippen LogP contribution in [0.1, 0.15) is 78.1 Å². The summed E-state index contributed by atoms with van der Waals surface area (Å²) in [4.78, 5) is 41.1. The molecule has 3 amide bonds. The first-order valence-electron chi connectivity index (χ1n) is 11.3. The highest BCUT2D eigenvalue weighted by molar-refractivity contribution is 7.80. The van der Waals surface area contributed by atoms with E-state index in [2.05, 4.69) is 23.3 Å². The summed E-state index contributed by atoms with van der Waals surface area (Å²) < 4.78 is 5.32. The summed E-state index contributed by atoms with van der Waals surface area (Å²) in [7, 11) is 0. The average Bonchev–Trinajstić information content (AvgIpc) is 2.61. The second-order valence-electron chi connectivity index (χ2n) is 10.7. The Morgan fingerprint density at radius 3 is 2.06 bits per heavy atom. The molecule has 186 valence electrons. The van der Waals surface area contributed by atoms with Crippen molar-refractivity contribution in [3.8, 4) is 0 Å². The summed E-state index contributed by atoms with van der Waals surface area (Å²) >= 11 is 4.30. The maximum Gasteiger partial charge on any atom is 0.408 e. The summed E-state index contributed by atoms with van der Waals surface area (Å²) in [5.41, 5.74) is 1.51. The number of carbonyl (C=O) groups excluding carboxylic acids is 3. The van der Waals surface area contributed by atoms with Crippen molar-refractivity contribution in [2.24, 2.45) is 0 Å². The monoisotopic (exact) mass is 479 g/mol. The molecule has 8 heteroatoms. The summed E-state index contributed by atoms with van der Waals surface area (Å²) in [5.74, 6) is -0.631. The standard InChI is InChI=1S/C25H41N3O4S/c1-15(2)28(22(30)19(14-33)26-23(31)32-25(8,9)10)20(21(29)27-24(5,6)7)18-12-11-16(3)13-17(18)4/h11-13,15,19-20,33H,14H2,1-10H3,(H,26,31)(H,27,29). The quantitative estimate of drug-likeness (QED) is 0.508. The number of nitrogens with zero attached hydrogens (tertiary/aromatic N) is 1. The third kappa shape index (κ3) is 8.91. The normalized spacial score (nSPS) is 13.8. The first kappa shape index (κ1) is 28.8. The summed E-state index contributed by atoms with van der Waals surface area (Å²) in [6, 6.07) is 3.65. The Hall–Kier alpha value is -2.22. The average molecular weight is 480 g/mol. The fraction of sp³-hybridized carbons (Fsp3) is 0.640. The van der Waals surface area contributed by atoms with E-state index in [1.54, 1.807) is 20.8 Å². The van der Waals surface area contributed by atoms with E-state index in [1.165, 1.54) is 4.90 Å². The zero-order chi connectivity index (χ0) is 25.7. The molecule has 0 spiro atoms. The van der Waals surface area contributed by atoms with E-state index in [-0.39, 0.29) is 17.7 Å². The largest absolute Gasteiger partial charge is 0.444 e. The molecule has 0 saturated heterocycles. The highest BCUT2D eigenvalue weighted by atomic mass is 32.1. The molecular weight excluding hydrogens is 438 g/mol. The number of aryl methyl sites for hydroxylation is 2. The van der Waals surface area contributed by atoms with Gasteiger partial charge in [0.1, 0.15) is 17.7 Å². The van der Waals surface area contributed by atoms with Crippen LogP contribution in [0.25, 0.3) is 0 Å². The molecule has 0 aromatic heterocycles. The summed E-state index contributed by atoms with van der Waals surface area (Å²) in [5, 5.41) is 5.63. The molecule has 0 aliphatic rings. The van der Waals surface area contributed by atoms with Crippen LogP contribution in [0.3, 0.4) is 0 Å². The van der Waals surface area contributed by atoms with E-state index in [9.17, 15) is 14.4 Å². The van der Waals surface area contributed by atoms with Crippen LogP contribution in [0, 0.1) is 13.8 Å². The molecule has 2 N–H and O–H groups in total. The Balaban J connectivity index is 3.46. The highest BCUT2D eigenvalue weighted by Crippen LogP contribution is 2.29. The van der Waals surface area contributed by atoms with Gasteiger partial charge < -0.3 is 20.3 Å².